The number of allylic oxidation sites excluding steroid dienone is 2. The molecular formula is C41H60N2O3. The summed E-state index contributed by atoms with van der Waals surface area (Å²) in [5, 5.41) is 13.3. The molecule has 8 atom stereocenters. The van der Waals surface area contributed by atoms with Crippen molar-refractivity contribution in [2.24, 2.45) is 50.7 Å². The summed E-state index contributed by atoms with van der Waals surface area (Å²) < 4.78 is 0. The van der Waals surface area contributed by atoms with E-state index >= 15 is 0 Å². The first-order valence-corrected chi connectivity index (χ1v) is 18.9. The highest BCUT2D eigenvalue weighted by Crippen LogP contribution is 2.77. The van der Waals surface area contributed by atoms with Crippen molar-refractivity contribution in [1.29, 1.82) is 0 Å². The van der Waals surface area contributed by atoms with E-state index in [0.29, 0.717) is 40.1 Å². The molecule has 1 amide bonds. The van der Waals surface area contributed by atoms with Gasteiger partial charge in [-0.15, -0.1) is 0 Å². The van der Waals surface area contributed by atoms with Crippen molar-refractivity contribution in [2.45, 2.75) is 118 Å². The summed E-state index contributed by atoms with van der Waals surface area (Å²) in [4.78, 5) is 26.3. The first-order valence-electron chi connectivity index (χ1n) is 18.9. The number of amides is 1. The van der Waals surface area contributed by atoms with Crippen LogP contribution < -0.4 is 5.32 Å². The number of rotatable bonds is 7. The quantitative estimate of drug-likeness (QED) is 0.296. The molecule has 5 nitrogen and oxygen atoms in total. The summed E-state index contributed by atoms with van der Waals surface area (Å²) in [7, 11) is 0. The molecule has 252 valence electrons. The Morgan fingerprint density at radius 2 is 1.57 bits per heavy atom. The fraction of sp³-hybridized carbons (Fsp3) is 0.756. The van der Waals surface area contributed by atoms with E-state index < -0.39 is 5.97 Å². The highest BCUT2D eigenvalue weighted by atomic mass is 16.4. The molecule has 0 spiro atoms. The summed E-state index contributed by atoms with van der Waals surface area (Å²) >= 11 is 0. The topological polar surface area (TPSA) is 69.6 Å². The number of likely N-dealkylation sites (tertiary alicyclic amines) is 1. The zero-order valence-corrected chi connectivity index (χ0v) is 29.4. The van der Waals surface area contributed by atoms with Crippen molar-refractivity contribution in [3.8, 4) is 0 Å². The van der Waals surface area contributed by atoms with E-state index in [4.69, 9.17) is 0 Å². The molecule has 6 aliphatic rings. The van der Waals surface area contributed by atoms with Gasteiger partial charge in [-0.2, -0.15) is 0 Å². The van der Waals surface area contributed by atoms with E-state index in [9.17, 15) is 14.7 Å². The largest absolute Gasteiger partial charge is 0.478 e. The second-order valence-corrected chi connectivity index (χ2v) is 18.0. The molecule has 7 rings (SSSR count). The number of nitrogens with one attached hydrogen (secondary N) is 1. The van der Waals surface area contributed by atoms with Crippen LogP contribution in [0.1, 0.15) is 134 Å². The van der Waals surface area contributed by atoms with Crippen molar-refractivity contribution in [3.05, 3.63) is 41.5 Å². The number of carbonyl (C=O) groups excluding carboxylic acids is 1. The molecule has 1 aliphatic heterocycles. The molecule has 3 unspecified atom stereocenters. The van der Waals surface area contributed by atoms with Crippen molar-refractivity contribution in [2.75, 3.05) is 26.2 Å². The van der Waals surface area contributed by atoms with Crippen LogP contribution in [0.5, 0.6) is 0 Å². The average molecular weight is 629 g/mol. The van der Waals surface area contributed by atoms with Crippen LogP contribution in [0.4, 0.5) is 0 Å². The van der Waals surface area contributed by atoms with Crippen molar-refractivity contribution in [3.63, 3.8) is 0 Å². The van der Waals surface area contributed by atoms with Gasteiger partial charge in [-0.05, 0) is 145 Å². The smallest absolute Gasteiger partial charge is 0.335 e. The first-order chi connectivity index (χ1) is 21.9. The zero-order chi connectivity index (χ0) is 32.5. The number of aromatic carboxylic acids is 1. The number of benzene rings is 1. The van der Waals surface area contributed by atoms with E-state index in [0.717, 1.165) is 50.4 Å². The SMILES string of the molecule is CC1(C)C(c2ccc(C(=O)O)cc2)=CC[C@@]2(C)C1CC[C@]1(C)C2CC[C@@H]2C3CCC[C@]3(CNCCC(=O)N3CCCC3)CC[C@]21C. The minimum absolute atomic E-state index is 0.0474. The number of carboxylic acids is 1. The predicted molar refractivity (Wildman–Crippen MR) is 185 cm³/mol. The lowest BCUT2D eigenvalue weighted by molar-refractivity contribution is -0.222. The second kappa shape index (κ2) is 11.5. The van der Waals surface area contributed by atoms with Gasteiger partial charge in [-0.3, -0.25) is 4.79 Å². The van der Waals surface area contributed by atoms with Gasteiger partial charge in [-0.25, -0.2) is 4.79 Å². The van der Waals surface area contributed by atoms with Crippen LogP contribution in [0.3, 0.4) is 0 Å². The maximum absolute atomic E-state index is 12.7. The van der Waals surface area contributed by atoms with Crippen LogP contribution >= 0.6 is 0 Å². The minimum Gasteiger partial charge on any atom is -0.478 e. The van der Waals surface area contributed by atoms with Gasteiger partial charge in [0, 0.05) is 32.6 Å². The molecule has 5 fully saturated rings. The molecule has 2 N–H and O–H groups in total. The summed E-state index contributed by atoms with van der Waals surface area (Å²) in [6.45, 7) is 16.9. The molecule has 0 aromatic heterocycles. The molecular weight excluding hydrogens is 568 g/mol. The van der Waals surface area contributed by atoms with Gasteiger partial charge < -0.3 is 15.3 Å². The molecule has 4 saturated carbocycles. The molecule has 1 aromatic carbocycles. The van der Waals surface area contributed by atoms with E-state index in [-0.39, 0.29) is 10.8 Å². The van der Waals surface area contributed by atoms with Crippen LogP contribution in [-0.2, 0) is 4.79 Å². The van der Waals surface area contributed by atoms with Gasteiger partial charge in [0.15, 0.2) is 0 Å². The Balaban J connectivity index is 1.09. The summed E-state index contributed by atoms with van der Waals surface area (Å²) in [6.07, 6.45) is 18.9. The van der Waals surface area contributed by atoms with Gasteiger partial charge in [0.1, 0.15) is 0 Å². The maximum Gasteiger partial charge on any atom is 0.335 e. The number of carboxylic acid groups (broad SMARTS) is 1. The van der Waals surface area contributed by atoms with Crippen LogP contribution in [-0.4, -0.2) is 48.1 Å². The number of hydrogen-bond donors (Lipinski definition) is 2. The normalized spacial score (nSPS) is 41.2. The van der Waals surface area contributed by atoms with Gasteiger partial charge >= 0.3 is 5.97 Å². The molecule has 5 heteroatoms. The third kappa shape index (κ3) is 4.78. The maximum atomic E-state index is 12.7. The Morgan fingerprint density at radius 1 is 0.826 bits per heavy atom. The Kier molecular flexibility index (Phi) is 8.09. The predicted octanol–water partition coefficient (Wildman–Crippen LogP) is 8.84. The lowest BCUT2D eigenvalue weighted by atomic mass is 9.32. The van der Waals surface area contributed by atoms with E-state index in [1.807, 2.05) is 12.1 Å². The Labute approximate surface area is 278 Å². The highest BCUT2D eigenvalue weighted by molar-refractivity contribution is 5.88. The molecule has 46 heavy (non-hydrogen) atoms. The van der Waals surface area contributed by atoms with Crippen LogP contribution in [0.25, 0.3) is 5.57 Å². The number of fused-ring (bicyclic) bond motifs is 7. The van der Waals surface area contributed by atoms with E-state index in [1.54, 1.807) is 12.1 Å². The van der Waals surface area contributed by atoms with Crippen molar-refractivity contribution < 1.29 is 14.7 Å². The molecule has 1 aromatic rings. The van der Waals surface area contributed by atoms with Crippen LogP contribution in [0.15, 0.2) is 30.3 Å². The minimum atomic E-state index is -0.857. The van der Waals surface area contributed by atoms with Gasteiger partial charge in [0.25, 0.3) is 0 Å². The molecule has 5 aliphatic carbocycles. The fourth-order valence-electron chi connectivity index (χ4n) is 13.6. The number of hydrogen-bond acceptors (Lipinski definition) is 3. The summed E-state index contributed by atoms with van der Waals surface area (Å²) in [5.74, 6) is 2.48. The van der Waals surface area contributed by atoms with E-state index in [1.165, 1.54) is 81.8 Å². The Morgan fingerprint density at radius 3 is 2.28 bits per heavy atom. The summed E-state index contributed by atoms with van der Waals surface area (Å²) in [6, 6.07) is 7.63. The molecule has 0 radical (unpaired) electrons. The first kappa shape index (κ1) is 32.4. The van der Waals surface area contributed by atoms with Gasteiger partial charge in [-0.1, -0.05) is 59.2 Å². The molecule has 0 bridgehead atoms. The Hall–Kier alpha value is -2.14. The van der Waals surface area contributed by atoms with Crippen LogP contribution in [0, 0.1) is 50.7 Å². The molecule has 1 heterocycles. The van der Waals surface area contributed by atoms with Gasteiger partial charge in [0.2, 0.25) is 5.91 Å². The Bertz CT molecular complexity index is 1380. The number of nitrogens with zero attached hydrogens (tertiary/aromatic N) is 1. The van der Waals surface area contributed by atoms with Crippen LogP contribution in [0.2, 0.25) is 0 Å². The fourth-order valence-corrected chi connectivity index (χ4v) is 13.6. The third-order valence-corrected chi connectivity index (χ3v) is 16.0. The standard InChI is InChI=1S/C41H60N2O3/c1-37(2)30(28-10-12-29(13-11-28)36(45)46)16-20-38(3)33(37)17-21-40(5)34(38)15-14-31-32-9-8-19-41(32,23-22-39(31,40)4)27-42-24-18-35(44)43-25-6-7-26-43/h10-13,16,31-34,42H,6-9,14-15,17-27H2,1-5H3,(H,45,46)/t31-,32?,33?,34?,38+,39-,40-,41-/m1/s1. The lowest BCUT2D eigenvalue weighted by Gasteiger charge is -2.72. The highest BCUT2D eigenvalue weighted by Gasteiger charge is 2.69. The van der Waals surface area contributed by atoms with Crippen molar-refractivity contribution >= 4 is 17.4 Å². The van der Waals surface area contributed by atoms with Crippen molar-refractivity contribution in [1.82, 2.24) is 10.2 Å². The number of carbonyl (C=O) groups is 2. The van der Waals surface area contributed by atoms with E-state index in [2.05, 4.69) is 50.9 Å². The zero-order valence-electron chi connectivity index (χ0n) is 29.4. The lowest BCUT2D eigenvalue weighted by Crippen LogP contribution is -2.65. The third-order valence-electron chi connectivity index (χ3n) is 16.0. The van der Waals surface area contributed by atoms with Gasteiger partial charge in [0.05, 0.1) is 5.56 Å². The average Bonchev–Trinajstić information content (AvgIpc) is 3.71. The molecule has 1 saturated heterocycles. The summed E-state index contributed by atoms with van der Waals surface area (Å²) in [5.41, 5.74) is 4.47. The second-order valence-electron chi connectivity index (χ2n) is 18.0. The monoisotopic (exact) mass is 628 g/mol.